The van der Waals surface area contributed by atoms with Crippen molar-refractivity contribution in [3.8, 4) is 17.6 Å². The van der Waals surface area contributed by atoms with Crippen LogP contribution in [-0.4, -0.2) is 96.9 Å². The molecule has 1 fully saturated rings. The summed E-state index contributed by atoms with van der Waals surface area (Å²) >= 11 is 0. The Morgan fingerprint density at radius 2 is 1.33 bits per heavy atom. The summed E-state index contributed by atoms with van der Waals surface area (Å²) in [6.45, 7) is 8.80. The summed E-state index contributed by atoms with van der Waals surface area (Å²) in [5.74, 6) is 0.341. The highest BCUT2D eigenvalue weighted by Crippen LogP contribution is 2.49. The first-order valence-electron chi connectivity index (χ1n) is 20.0. The van der Waals surface area contributed by atoms with E-state index in [4.69, 9.17) is 23.3 Å². The minimum absolute atomic E-state index is 0. The molecule has 0 N–H and O–H groups in total. The number of benzene rings is 4. The highest BCUT2D eigenvalue weighted by molar-refractivity contribution is 7.44. The second-order valence-electron chi connectivity index (χ2n) is 15.1. The van der Waals surface area contributed by atoms with E-state index >= 15 is 0 Å². The molecule has 0 bridgehead atoms. The first-order chi connectivity index (χ1) is 28.5. The van der Waals surface area contributed by atoms with E-state index in [1.54, 1.807) is 43.4 Å². The van der Waals surface area contributed by atoms with Crippen LogP contribution in [0.25, 0.3) is 0 Å². The van der Waals surface area contributed by atoms with Gasteiger partial charge in [-0.2, -0.15) is 5.26 Å². The predicted molar refractivity (Wildman–Crippen MR) is 232 cm³/mol. The first kappa shape index (κ1) is 45.9. The van der Waals surface area contributed by atoms with Gasteiger partial charge < -0.3 is 28.2 Å². The number of amides is 3. The molecule has 3 amide bonds. The quantitative estimate of drug-likeness (QED) is 0.0392. The molecule has 1 saturated heterocycles. The predicted octanol–water partition coefficient (Wildman–Crippen LogP) is 8.60. The van der Waals surface area contributed by atoms with Crippen molar-refractivity contribution in [1.82, 2.24) is 14.5 Å². The Hall–Kier alpha value is -5.15. The lowest BCUT2D eigenvalue weighted by atomic mass is 9.80. The molecule has 3 atom stereocenters. The molecule has 1 unspecified atom stereocenters. The average Bonchev–Trinajstić information content (AvgIpc) is 3.77. The van der Waals surface area contributed by atoms with Crippen molar-refractivity contribution >= 4 is 26.2 Å². The molecule has 60 heavy (non-hydrogen) atoms. The third-order valence-electron chi connectivity index (χ3n) is 10.7. The SMILES string of the molecule is C.COc1ccc(C(OC[C@@H]2C[C@@H](OP(OCCC#N)N(C(C)C)C(C)C)CN2C(=O)CCN2C(=O)c3ccccc3C2=O)(c2ccccc2)c2ccc(OC)cc2)cc1. The largest absolute Gasteiger partial charge is 0.497 e. The number of fused-ring (bicyclic) bond motifs is 1. The maximum absolute atomic E-state index is 14.4. The van der Waals surface area contributed by atoms with Crippen molar-refractivity contribution in [2.75, 3.05) is 40.5 Å². The van der Waals surface area contributed by atoms with E-state index < -0.39 is 38.1 Å². The number of ether oxygens (including phenoxy) is 3. The minimum Gasteiger partial charge on any atom is -0.497 e. The lowest BCUT2D eigenvalue weighted by Gasteiger charge is -2.38. The molecule has 318 valence electrons. The van der Waals surface area contributed by atoms with Gasteiger partial charge in [-0.1, -0.05) is 74.2 Å². The second-order valence-corrected chi connectivity index (χ2v) is 16.5. The van der Waals surface area contributed by atoms with Crippen molar-refractivity contribution in [2.45, 2.75) is 84.2 Å². The standard InChI is InChI=1S/C46H53N4O8P.CH4/c1-32(2)50(33(3)4)59(57-28-12-26-47)58-40-29-37(49(30-40)43(51)25-27-48-44(52)41-15-10-11-16-42(41)45(48)53)31-56-46(34-13-8-7-9-14-34,35-17-21-38(54-5)22-18-35)36-19-23-39(55-6)24-20-36;/h7-11,13-24,32-33,37,40H,12,25,27-31H2,1-6H3;1H4/t37-,40+,59?;/m0./s1. The molecule has 0 saturated carbocycles. The van der Waals surface area contributed by atoms with Crippen molar-refractivity contribution in [3.05, 3.63) is 131 Å². The van der Waals surface area contributed by atoms with Gasteiger partial charge in [0.05, 0.1) is 63.2 Å². The number of imide groups is 1. The number of methoxy groups -OCH3 is 2. The van der Waals surface area contributed by atoms with Gasteiger partial charge in [-0.15, -0.1) is 0 Å². The molecule has 2 aliphatic heterocycles. The molecule has 0 aliphatic carbocycles. The van der Waals surface area contributed by atoms with Gasteiger partial charge in [0.25, 0.3) is 20.3 Å². The van der Waals surface area contributed by atoms with Crippen LogP contribution in [0.2, 0.25) is 0 Å². The van der Waals surface area contributed by atoms with Crippen LogP contribution in [0.5, 0.6) is 11.5 Å². The second kappa shape index (κ2) is 20.9. The Labute approximate surface area is 355 Å². The third-order valence-corrected chi connectivity index (χ3v) is 12.9. The highest BCUT2D eigenvalue weighted by Gasteiger charge is 2.44. The molecule has 4 aromatic carbocycles. The molecule has 2 heterocycles. The number of nitriles is 1. The lowest BCUT2D eigenvalue weighted by molar-refractivity contribution is -0.134. The Morgan fingerprint density at radius 1 is 0.817 bits per heavy atom. The maximum atomic E-state index is 14.4. The number of nitrogens with zero attached hydrogens (tertiary/aromatic N) is 4. The smallest absolute Gasteiger partial charge is 0.261 e. The number of carbonyl (C=O) groups is 3. The van der Waals surface area contributed by atoms with Crippen molar-refractivity contribution in [2.24, 2.45) is 0 Å². The molecule has 0 radical (unpaired) electrons. The fourth-order valence-electron chi connectivity index (χ4n) is 7.92. The van der Waals surface area contributed by atoms with Crippen LogP contribution in [0.1, 0.15) is 91.8 Å². The van der Waals surface area contributed by atoms with E-state index in [0.717, 1.165) is 21.6 Å². The summed E-state index contributed by atoms with van der Waals surface area (Å²) in [4.78, 5) is 43.8. The Kier molecular flexibility index (Phi) is 16.0. The topological polar surface area (TPSA) is 131 Å². The van der Waals surface area contributed by atoms with Crippen LogP contribution in [0.4, 0.5) is 0 Å². The fraction of sp³-hybridized carbons (Fsp3) is 0.404. The van der Waals surface area contributed by atoms with Gasteiger partial charge >= 0.3 is 0 Å². The molecule has 13 heteroatoms. The molecular weight excluding hydrogens is 780 g/mol. The van der Waals surface area contributed by atoms with Gasteiger partial charge in [0.2, 0.25) is 5.91 Å². The number of hydrogen-bond donors (Lipinski definition) is 0. The average molecular weight is 837 g/mol. The van der Waals surface area contributed by atoms with Gasteiger partial charge in [0.1, 0.15) is 17.1 Å². The first-order valence-corrected chi connectivity index (χ1v) is 21.1. The molecule has 0 spiro atoms. The normalized spacial score (nSPS) is 16.9. The van der Waals surface area contributed by atoms with Gasteiger partial charge in [0, 0.05) is 31.6 Å². The summed E-state index contributed by atoms with van der Waals surface area (Å²) in [6, 6.07) is 34.1. The van der Waals surface area contributed by atoms with Crippen LogP contribution < -0.4 is 9.47 Å². The molecule has 12 nitrogen and oxygen atoms in total. The third kappa shape index (κ3) is 9.89. The van der Waals surface area contributed by atoms with Crippen molar-refractivity contribution < 1.29 is 37.6 Å². The molecule has 4 aromatic rings. The molecular formula is C47H57N4O8P. The van der Waals surface area contributed by atoms with Crippen LogP contribution in [0.15, 0.2) is 103 Å². The fourth-order valence-corrected chi connectivity index (χ4v) is 9.64. The number of likely N-dealkylation sites (tertiary alicyclic amines) is 1. The van der Waals surface area contributed by atoms with Crippen molar-refractivity contribution in [3.63, 3.8) is 0 Å². The van der Waals surface area contributed by atoms with Crippen LogP contribution in [-0.2, 0) is 24.2 Å². The summed E-state index contributed by atoms with van der Waals surface area (Å²) in [5, 5.41) is 9.29. The summed E-state index contributed by atoms with van der Waals surface area (Å²) in [5.41, 5.74) is 2.12. The van der Waals surface area contributed by atoms with Gasteiger partial charge in [-0.25, -0.2) is 4.67 Å². The van der Waals surface area contributed by atoms with E-state index in [2.05, 4.69) is 38.4 Å². The molecule has 2 aliphatic rings. The monoisotopic (exact) mass is 836 g/mol. The number of carbonyl (C=O) groups excluding carboxylic acids is 3. The van der Waals surface area contributed by atoms with E-state index in [9.17, 15) is 19.6 Å². The van der Waals surface area contributed by atoms with Crippen LogP contribution >= 0.6 is 8.53 Å². The molecule has 6 rings (SSSR count). The Balaban J connectivity index is 0.00000683. The summed E-state index contributed by atoms with van der Waals surface area (Å²) < 4.78 is 33.6. The van der Waals surface area contributed by atoms with E-state index in [1.165, 1.54) is 0 Å². The van der Waals surface area contributed by atoms with E-state index in [1.807, 2.05) is 78.9 Å². The number of hydrogen-bond acceptors (Lipinski definition) is 10. The maximum Gasteiger partial charge on any atom is 0.261 e. The zero-order valence-corrected chi connectivity index (χ0v) is 35.5. The lowest BCUT2D eigenvalue weighted by Crippen LogP contribution is -2.43. The summed E-state index contributed by atoms with van der Waals surface area (Å²) in [6.07, 6.45) is 0.133. The van der Waals surface area contributed by atoms with E-state index in [0.29, 0.717) is 29.0 Å². The van der Waals surface area contributed by atoms with Crippen LogP contribution in [0.3, 0.4) is 0 Å². The van der Waals surface area contributed by atoms with E-state index in [-0.39, 0.29) is 64.6 Å². The zero-order chi connectivity index (χ0) is 42.1. The van der Waals surface area contributed by atoms with Gasteiger partial charge in [0.15, 0.2) is 0 Å². The zero-order valence-electron chi connectivity index (χ0n) is 34.6. The van der Waals surface area contributed by atoms with Crippen molar-refractivity contribution in [1.29, 1.82) is 5.26 Å². The van der Waals surface area contributed by atoms with Crippen LogP contribution in [0, 0.1) is 11.3 Å². The minimum atomic E-state index is -1.60. The van der Waals surface area contributed by atoms with Gasteiger partial charge in [-0.05, 0) is 87.2 Å². The summed E-state index contributed by atoms with van der Waals surface area (Å²) in [7, 11) is 1.65. The Morgan fingerprint density at radius 3 is 1.83 bits per heavy atom. The molecule has 0 aromatic heterocycles. The number of rotatable bonds is 19. The van der Waals surface area contributed by atoms with Gasteiger partial charge in [-0.3, -0.25) is 19.3 Å². The Bertz CT molecular complexity index is 2000. The highest BCUT2D eigenvalue weighted by atomic mass is 31.2.